The molecular weight excluding hydrogens is 398 g/mol. The van der Waals surface area contributed by atoms with E-state index >= 15 is 0 Å². The van der Waals surface area contributed by atoms with Crippen LogP contribution < -0.4 is 10.1 Å². The van der Waals surface area contributed by atoms with E-state index in [2.05, 4.69) is 5.32 Å². The van der Waals surface area contributed by atoms with Gasteiger partial charge in [-0.1, -0.05) is 0 Å². The molecule has 11 heteroatoms. The number of nitrogens with one attached hydrogen (secondary N) is 1. The standard InChI is InChI=1S/C19H23N3O8/c1-10-15(18(24)30-9-12-5-4-6-29-12)16(20-19(25)21(10)2)11-7-13(22(26)27)17(23)14(8-11)28-3/h7-8,12,16,23H,4-6,9H2,1-3H3,(H,20,25)/t12-,16-/m0/s1. The highest BCUT2D eigenvalue weighted by Crippen LogP contribution is 2.41. The number of urea groups is 1. The number of carbonyl (C=O) groups is 2. The Kier molecular flexibility index (Phi) is 6.11. The average Bonchev–Trinajstić information content (AvgIpc) is 3.23. The summed E-state index contributed by atoms with van der Waals surface area (Å²) in [6.45, 7) is 2.27. The summed E-state index contributed by atoms with van der Waals surface area (Å²) < 4.78 is 15.9. The van der Waals surface area contributed by atoms with Crippen molar-refractivity contribution in [2.24, 2.45) is 0 Å². The molecule has 3 rings (SSSR count). The number of allylic oxidation sites excluding steroid dienone is 1. The van der Waals surface area contributed by atoms with Gasteiger partial charge in [0.25, 0.3) is 0 Å². The molecule has 2 heterocycles. The first-order chi connectivity index (χ1) is 14.2. The Hall–Kier alpha value is -3.34. The second kappa shape index (κ2) is 8.57. The van der Waals surface area contributed by atoms with Crippen molar-refractivity contribution in [3.63, 3.8) is 0 Å². The number of phenols is 1. The first kappa shape index (κ1) is 21.4. The molecular formula is C19H23N3O8. The molecule has 162 valence electrons. The smallest absolute Gasteiger partial charge is 0.338 e. The number of nitrogens with zero attached hydrogens (tertiary/aromatic N) is 2. The van der Waals surface area contributed by atoms with E-state index in [4.69, 9.17) is 14.2 Å². The number of hydrogen-bond acceptors (Lipinski definition) is 8. The van der Waals surface area contributed by atoms with Crippen LogP contribution in [0.1, 0.15) is 31.4 Å². The Morgan fingerprint density at radius 1 is 1.47 bits per heavy atom. The van der Waals surface area contributed by atoms with Gasteiger partial charge >= 0.3 is 17.7 Å². The summed E-state index contributed by atoms with van der Waals surface area (Å²) in [5, 5.41) is 24.0. The molecule has 1 fully saturated rings. The van der Waals surface area contributed by atoms with Crippen molar-refractivity contribution in [1.82, 2.24) is 10.2 Å². The molecule has 11 nitrogen and oxygen atoms in total. The van der Waals surface area contributed by atoms with Gasteiger partial charge in [-0.05, 0) is 31.4 Å². The summed E-state index contributed by atoms with van der Waals surface area (Å²) in [7, 11) is 2.74. The molecule has 0 saturated carbocycles. The number of esters is 1. The lowest BCUT2D eigenvalue weighted by atomic mass is 9.94. The van der Waals surface area contributed by atoms with Crippen molar-refractivity contribution in [3.8, 4) is 11.5 Å². The maximum absolute atomic E-state index is 12.9. The van der Waals surface area contributed by atoms with Gasteiger partial charge in [-0.25, -0.2) is 9.59 Å². The van der Waals surface area contributed by atoms with Crippen LogP contribution in [0.25, 0.3) is 0 Å². The van der Waals surface area contributed by atoms with Gasteiger partial charge in [-0.2, -0.15) is 0 Å². The molecule has 1 saturated heterocycles. The lowest BCUT2D eigenvalue weighted by molar-refractivity contribution is -0.386. The van der Waals surface area contributed by atoms with Crippen molar-refractivity contribution >= 4 is 17.7 Å². The van der Waals surface area contributed by atoms with Gasteiger partial charge in [-0.15, -0.1) is 0 Å². The summed E-state index contributed by atoms with van der Waals surface area (Å²) in [6.07, 6.45) is 1.49. The van der Waals surface area contributed by atoms with Crippen molar-refractivity contribution in [1.29, 1.82) is 0 Å². The van der Waals surface area contributed by atoms with Crippen LogP contribution in [-0.2, 0) is 14.3 Å². The van der Waals surface area contributed by atoms with Crippen LogP contribution in [0, 0.1) is 10.1 Å². The number of phenolic OH excluding ortho intramolecular Hbond substituents is 1. The highest BCUT2D eigenvalue weighted by Gasteiger charge is 2.37. The van der Waals surface area contributed by atoms with Gasteiger partial charge in [-0.3, -0.25) is 10.1 Å². The maximum Gasteiger partial charge on any atom is 0.338 e. The minimum absolute atomic E-state index is 0.0685. The number of benzene rings is 1. The summed E-state index contributed by atoms with van der Waals surface area (Å²) in [5.74, 6) is -1.47. The van der Waals surface area contributed by atoms with Crippen LogP contribution in [0.4, 0.5) is 10.5 Å². The van der Waals surface area contributed by atoms with Crippen molar-refractivity contribution < 1.29 is 33.8 Å². The third kappa shape index (κ3) is 4.01. The largest absolute Gasteiger partial charge is 0.500 e. The number of nitro benzene ring substituents is 1. The number of ether oxygens (including phenoxy) is 3. The molecule has 2 aliphatic rings. The molecule has 1 aromatic carbocycles. The number of carbonyl (C=O) groups excluding carboxylic acids is 2. The zero-order valence-corrected chi connectivity index (χ0v) is 16.8. The Bertz CT molecular complexity index is 907. The molecule has 0 aromatic heterocycles. The van der Waals surface area contributed by atoms with Crippen molar-refractivity contribution in [2.45, 2.75) is 31.9 Å². The van der Waals surface area contributed by atoms with Crippen LogP contribution in [0.5, 0.6) is 11.5 Å². The molecule has 2 amide bonds. The molecule has 30 heavy (non-hydrogen) atoms. The van der Waals surface area contributed by atoms with Crippen molar-refractivity contribution in [2.75, 3.05) is 27.4 Å². The minimum atomic E-state index is -1.03. The predicted molar refractivity (Wildman–Crippen MR) is 103 cm³/mol. The number of methoxy groups -OCH3 is 1. The number of rotatable bonds is 6. The first-order valence-electron chi connectivity index (χ1n) is 9.33. The quantitative estimate of drug-likeness (QED) is 0.404. The lowest BCUT2D eigenvalue weighted by Crippen LogP contribution is -2.46. The highest BCUT2D eigenvalue weighted by molar-refractivity contribution is 5.95. The zero-order chi connectivity index (χ0) is 22.0. The fourth-order valence-electron chi connectivity index (χ4n) is 3.45. The third-order valence-electron chi connectivity index (χ3n) is 5.23. The Morgan fingerprint density at radius 3 is 2.80 bits per heavy atom. The first-order valence-corrected chi connectivity index (χ1v) is 9.33. The second-order valence-corrected chi connectivity index (χ2v) is 7.02. The number of aromatic hydroxyl groups is 1. The number of amides is 2. The predicted octanol–water partition coefficient (Wildman–Crippen LogP) is 2.00. The second-order valence-electron chi connectivity index (χ2n) is 7.02. The molecule has 0 radical (unpaired) electrons. The van der Waals surface area contributed by atoms with Crippen LogP contribution in [-0.4, -0.2) is 60.4 Å². The van der Waals surface area contributed by atoms with E-state index in [-0.39, 0.29) is 29.6 Å². The Morgan fingerprint density at radius 2 is 2.20 bits per heavy atom. The summed E-state index contributed by atoms with van der Waals surface area (Å²) >= 11 is 0. The van der Waals surface area contributed by atoms with Crippen molar-refractivity contribution in [3.05, 3.63) is 39.1 Å². The van der Waals surface area contributed by atoms with E-state index in [1.807, 2.05) is 0 Å². The SMILES string of the molecule is COc1cc([C@@H]2NC(=O)N(C)C(C)=C2C(=O)OC[C@@H]2CCCO2)cc([N+](=O)[O-])c1O. The van der Waals surface area contributed by atoms with Gasteiger partial charge in [0.05, 0.1) is 29.8 Å². The normalized spacial score (nSPS) is 21.4. The molecule has 0 spiro atoms. The minimum Gasteiger partial charge on any atom is -0.500 e. The molecule has 0 unspecified atom stereocenters. The van der Waals surface area contributed by atoms with Crippen LogP contribution in [0.3, 0.4) is 0 Å². The Balaban J connectivity index is 2.00. The van der Waals surface area contributed by atoms with E-state index in [9.17, 15) is 24.8 Å². The molecule has 2 aliphatic heterocycles. The van der Waals surface area contributed by atoms with Gasteiger partial charge < -0.3 is 29.5 Å². The molecule has 0 bridgehead atoms. The van der Waals surface area contributed by atoms with Gasteiger partial charge in [0.1, 0.15) is 6.61 Å². The number of hydrogen-bond donors (Lipinski definition) is 2. The molecule has 0 aliphatic carbocycles. The van der Waals surface area contributed by atoms with Gasteiger partial charge in [0.2, 0.25) is 5.75 Å². The summed E-state index contributed by atoms with van der Waals surface area (Å²) in [4.78, 5) is 37.1. The molecule has 2 atom stereocenters. The highest BCUT2D eigenvalue weighted by atomic mass is 16.6. The summed E-state index contributed by atoms with van der Waals surface area (Å²) in [6, 6.07) is 0.898. The number of nitro groups is 1. The Labute approximate surface area is 172 Å². The van der Waals surface area contributed by atoms with E-state index < -0.39 is 34.4 Å². The molecule has 2 N–H and O–H groups in total. The van der Waals surface area contributed by atoms with E-state index in [0.717, 1.165) is 18.9 Å². The monoisotopic (exact) mass is 421 g/mol. The zero-order valence-electron chi connectivity index (χ0n) is 16.8. The van der Waals surface area contributed by atoms with Crippen LogP contribution in [0.2, 0.25) is 0 Å². The topological polar surface area (TPSA) is 140 Å². The van der Waals surface area contributed by atoms with Crippen LogP contribution in [0.15, 0.2) is 23.4 Å². The fourth-order valence-corrected chi connectivity index (χ4v) is 3.45. The lowest BCUT2D eigenvalue weighted by Gasteiger charge is -2.33. The van der Waals surface area contributed by atoms with Gasteiger partial charge in [0, 0.05) is 25.4 Å². The maximum atomic E-state index is 12.9. The van der Waals surface area contributed by atoms with Crippen LogP contribution >= 0.6 is 0 Å². The third-order valence-corrected chi connectivity index (χ3v) is 5.23. The fraction of sp³-hybridized carbons (Fsp3) is 0.474. The average molecular weight is 421 g/mol. The van der Waals surface area contributed by atoms with E-state index in [1.54, 1.807) is 6.92 Å². The molecule has 1 aromatic rings. The summed E-state index contributed by atoms with van der Waals surface area (Å²) in [5.41, 5.74) is 0.0522. The van der Waals surface area contributed by atoms with E-state index in [0.29, 0.717) is 12.3 Å². The van der Waals surface area contributed by atoms with Gasteiger partial charge in [0.15, 0.2) is 5.75 Å². The van der Waals surface area contributed by atoms with E-state index in [1.165, 1.54) is 25.1 Å².